The Morgan fingerprint density at radius 2 is 1.74 bits per heavy atom. The van der Waals surface area contributed by atoms with E-state index < -0.39 is 48.0 Å². The van der Waals surface area contributed by atoms with E-state index in [1.165, 1.54) is 30.4 Å². The molecule has 7 atom stereocenters. The number of thiazole rings is 1. The second-order valence-electron chi connectivity index (χ2n) is 16.1. The predicted molar refractivity (Wildman–Crippen MR) is 230 cm³/mol. The molecule has 0 aliphatic carbocycles. The first kappa shape index (κ1) is 48.7. The summed E-state index contributed by atoms with van der Waals surface area (Å²) in [5, 5.41) is 27.5. The summed E-state index contributed by atoms with van der Waals surface area (Å²) >= 11 is 2.86. The molecule has 1 saturated heterocycles. The summed E-state index contributed by atoms with van der Waals surface area (Å²) in [7, 11) is 1.95. The molecule has 15 heteroatoms. The topological polar surface area (TPSA) is 178 Å². The van der Waals surface area contributed by atoms with Crippen molar-refractivity contribution in [2.75, 3.05) is 25.2 Å². The van der Waals surface area contributed by atoms with Crippen molar-refractivity contribution in [1.82, 2.24) is 25.4 Å². The molecule has 0 bridgehead atoms. The van der Waals surface area contributed by atoms with Crippen LogP contribution in [0.1, 0.15) is 133 Å². The van der Waals surface area contributed by atoms with Gasteiger partial charge in [-0.2, -0.15) is 0 Å². The Morgan fingerprint density at radius 1 is 1.03 bits per heavy atom. The first-order valence-corrected chi connectivity index (χ1v) is 22.9. The molecule has 3 rings (SSSR count). The van der Waals surface area contributed by atoms with Crippen molar-refractivity contribution in [3.8, 4) is 5.75 Å². The van der Waals surface area contributed by atoms with Crippen LogP contribution < -0.4 is 10.6 Å². The van der Waals surface area contributed by atoms with Crippen LogP contribution in [0, 0.1) is 17.8 Å². The quantitative estimate of drug-likeness (QED) is 0.0484. The van der Waals surface area contributed by atoms with Gasteiger partial charge in [-0.25, -0.2) is 4.98 Å². The lowest BCUT2D eigenvalue weighted by Crippen LogP contribution is -2.58. The number of esters is 1. The van der Waals surface area contributed by atoms with Crippen LogP contribution in [0.25, 0.3) is 0 Å². The van der Waals surface area contributed by atoms with Crippen molar-refractivity contribution in [3.63, 3.8) is 0 Å². The number of likely N-dealkylation sites (N-methyl/N-ethyl adjacent to an activating group) is 1. The number of carbonyl (C=O) groups is 5. The second-order valence-corrected chi connectivity index (χ2v) is 18.1. The van der Waals surface area contributed by atoms with Gasteiger partial charge < -0.3 is 30.5 Å². The third-order valence-corrected chi connectivity index (χ3v) is 13.0. The van der Waals surface area contributed by atoms with Gasteiger partial charge in [0.1, 0.15) is 22.5 Å². The van der Waals surface area contributed by atoms with E-state index in [1.54, 1.807) is 36.2 Å². The van der Waals surface area contributed by atoms with Crippen LogP contribution >= 0.6 is 23.1 Å². The molecule has 1 aromatic carbocycles. The number of nitrogens with zero attached hydrogens (tertiary/aromatic N) is 3. The molecule has 324 valence electrons. The molecule has 2 aromatic rings. The number of phenols is 1. The predicted octanol–water partition coefficient (Wildman–Crippen LogP) is 7.04. The number of ether oxygens (including phenoxy) is 1. The van der Waals surface area contributed by atoms with Gasteiger partial charge >= 0.3 is 11.9 Å². The Labute approximate surface area is 353 Å². The van der Waals surface area contributed by atoms with Crippen LogP contribution in [-0.4, -0.2) is 104 Å². The van der Waals surface area contributed by atoms with Crippen LogP contribution in [0.5, 0.6) is 5.75 Å². The monoisotopic (exact) mass is 845 g/mol. The van der Waals surface area contributed by atoms with Gasteiger partial charge in [0.15, 0.2) is 6.10 Å². The summed E-state index contributed by atoms with van der Waals surface area (Å²) in [5.41, 5.74) is 0.914. The lowest BCUT2D eigenvalue weighted by atomic mass is 9.92. The summed E-state index contributed by atoms with van der Waals surface area (Å²) in [4.78, 5) is 75.2. The minimum atomic E-state index is -0.980. The summed E-state index contributed by atoms with van der Waals surface area (Å²) < 4.78 is 5.90. The molecule has 0 spiro atoms. The van der Waals surface area contributed by atoms with E-state index in [1.807, 2.05) is 39.6 Å². The standard InChI is InChI=1S/C43H67N5O8S2/c1-9-11-14-21-57-26-48(42(53)38(28(5)10-2)46-40(52)35-15-12-13-20-47(35)8)36(27(3)4)24-37(56-30(7)49)41-45-34(25-58-41)39(51)44-32(22-29(6)43(54)55)23-31-16-18-33(50)19-17-31/h16-19,25,27-29,32,35-38,50H,9-15,20-24,26H2,1-8H3,(H,44,51)(H,46,52)(H,54,55)/t28?,29-,32+,35+,36+,37+,38-/m0/s1. The molecular weight excluding hydrogens is 779 g/mol. The highest BCUT2D eigenvalue weighted by Gasteiger charge is 2.39. The van der Waals surface area contributed by atoms with Crippen LogP contribution in [-0.2, 0) is 30.3 Å². The maximum atomic E-state index is 14.9. The summed E-state index contributed by atoms with van der Waals surface area (Å²) in [6, 6.07) is 4.53. The number of hydrogen-bond acceptors (Lipinski definition) is 11. The number of rotatable bonds is 24. The van der Waals surface area contributed by atoms with Gasteiger partial charge in [0.05, 0.1) is 17.8 Å². The van der Waals surface area contributed by atoms with Gasteiger partial charge in [-0.3, -0.25) is 28.9 Å². The number of likely N-dealkylation sites (tertiary alicyclic amines) is 1. The van der Waals surface area contributed by atoms with E-state index in [0.29, 0.717) is 23.7 Å². The van der Waals surface area contributed by atoms with Gasteiger partial charge in [-0.05, 0) is 81.0 Å². The minimum absolute atomic E-state index is 0.0735. The van der Waals surface area contributed by atoms with E-state index in [-0.39, 0.29) is 54.0 Å². The fourth-order valence-corrected chi connectivity index (χ4v) is 9.16. The number of aromatic hydroxyl groups is 1. The minimum Gasteiger partial charge on any atom is -0.508 e. The van der Waals surface area contributed by atoms with Gasteiger partial charge in [0.2, 0.25) is 11.8 Å². The number of amides is 3. The maximum Gasteiger partial charge on any atom is 0.306 e. The average molecular weight is 846 g/mol. The summed E-state index contributed by atoms with van der Waals surface area (Å²) in [6.07, 6.45) is 6.46. The van der Waals surface area contributed by atoms with E-state index in [2.05, 4.69) is 27.4 Å². The molecule has 4 N–H and O–H groups in total. The van der Waals surface area contributed by atoms with Crippen LogP contribution in [0.15, 0.2) is 29.6 Å². The number of carboxylic acids is 1. The Balaban J connectivity index is 1.93. The van der Waals surface area contributed by atoms with Crippen molar-refractivity contribution in [2.24, 2.45) is 17.8 Å². The average Bonchev–Trinajstić information content (AvgIpc) is 3.68. The van der Waals surface area contributed by atoms with Crippen LogP contribution in [0.2, 0.25) is 0 Å². The normalized spacial score (nSPS) is 17.7. The van der Waals surface area contributed by atoms with E-state index in [0.717, 1.165) is 56.4 Å². The van der Waals surface area contributed by atoms with Crippen LogP contribution in [0.4, 0.5) is 0 Å². The highest BCUT2D eigenvalue weighted by Crippen LogP contribution is 2.33. The highest BCUT2D eigenvalue weighted by atomic mass is 32.2. The van der Waals surface area contributed by atoms with Crippen molar-refractivity contribution in [3.05, 3.63) is 45.9 Å². The van der Waals surface area contributed by atoms with Crippen molar-refractivity contribution in [1.29, 1.82) is 0 Å². The molecule has 0 radical (unpaired) electrons. The number of hydrogen-bond donors (Lipinski definition) is 4. The van der Waals surface area contributed by atoms with Gasteiger partial charge in [0.25, 0.3) is 5.91 Å². The Kier molecular flexibility index (Phi) is 20.5. The van der Waals surface area contributed by atoms with Gasteiger partial charge in [-0.1, -0.05) is 79.4 Å². The number of benzene rings is 1. The number of unbranched alkanes of at least 4 members (excludes halogenated alkanes) is 2. The zero-order valence-corrected chi connectivity index (χ0v) is 37.3. The number of carboxylic acid groups (broad SMARTS) is 1. The van der Waals surface area contributed by atoms with Crippen molar-refractivity contribution in [2.45, 2.75) is 143 Å². The Bertz CT molecular complexity index is 1620. The number of piperidine rings is 1. The zero-order chi connectivity index (χ0) is 42.9. The first-order valence-electron chi connectivity index (χ1n) is 20.9. The molecule has 1 aliphatic rings. The van der Waals surface area contributed by atoms with Crippen LogP contribution in [0.3, 0.4) is 0 Å². The second kappa shape index (κ2) is 24.4. The van der Waals surface area contributed by atoms with E-state index in [9.17, 15) is 34.2 Å². The molecule has 2 heterocycles. The third-order valence-electron chi connectivity index (χ3n) is 11.0. The van der Waals surface area contributed by atoms with E-state index >= 15 is 0 Å². The molecule has 1 aliphatic heterocycles. The van der Waals surface area contributed by atoms with Crippen molar-refractivity contribution >= 4 is 52.8 Å². The number of aliphatic carboxylic acids is 1. The Morgan fingerprint density at radius 3 is 2.34 bits per heavy atom. The van der Waals surface area contributed by atoms with Crippen molar-refractivity contribution < 1.29 is 38.9 Å². The number of aromatic nitrogens is 1. The van der Waals surface area contributed by atoms with Gasteiger partial charge in [0, 0.05) is 30.8 Å². The molecule has 1 aromatic heterocycles. The lowest BCUT2D eigenvalue weighted by Gasteiger charge is -2.40. The molecule has 13 nitrogen and oxygen atoms in total. The van der Waals surface area contributed by atoms with E-state index in [4.69, 9.17) is 4.74 Å². The molecule has 0 saturated carbocycles. The SMILES string of the molecule is CCCCCSCN(C(=O)[C@@H](NC(=O)[C@H]1CCCCN1C)C(C)CC)[C@H](C[C@@H](OC(C)=O)c1nc(C(=O)N[C@@H](Cc2ccc(O)cc2)C[C@H](C)C(=O)O)cs1)C(C)C. The molecule has 3 amide bonds. The number of thioether (sulfide) groups is 1. The van der Waals surface area contributed by atoms with Gasteiger partial charge in [-0.15, -0.1) is 23.1 Å². The first-order chi connectivity index (χ1) is 27.6. The molecule has 1 unspecified atom stereocenters. The third kappa shape index (κ3) is 15.2. The largest absolute Gasteiger partial charge is 0.508 e. The number of carbonyl (C=O) groups excluding carboxylic acids is 4. The summed E-state index contributed by atoms with van der Waals surface area (Å²) in [5.74, 6) is -1.88. The molecular formula is C43H67N5O8S2. The summed E-state index contributed by atoms with van der Waals surface area (Å²) in [6.45, 7) is 13.9. The number of nitrogens with one attached hydrogen (secondary N) is 2. The smallest absolute Gasteiger partial charge is 0.306 e. The molecule has 1 fully saturated rings. The zero-order valence-electron chi connectivity index (χ0n) is 35.7. The molecule has 58 heavy (non-hydrogen) atoms. The fraction of sp³-hybridized carbons (Fsp3) is 0.674. The lowest BCUT2D eigenvalue weighted by molar-refractivity contribution is -0.149. The Hall–Kier alpha value is -3.69. The highest BCUT2D eigenvalue weighted by molar-refractivity contribution is 7.99. The number of phenolic OH excluding ortho intramolecular Hbond substituents is 1. The fourth-order valence-electron chi connectivity index (χ4n) is 7.27. The maximum absolute atomic E-state index is 14.9.